The van der Waals surface area contributed by atoms with E-state index in [1.165, 1.54) is 6.08 Å². The van der Waals surface area contributed by atoms with Crippen LogP contribution in [0.2, 0.25) is 0 Å². The van der Waals surface area contributed by atoms with Crippen LogP contribution < -0.4 is 5.32 Å². The fourth-order valence-corrected chi connectivity index (χ4v) is 6.46. The Balaban J connectivity index is 1.30. The molecule has 0 aromatic heterocycles. The summed E-state index contributed by atoms with van der Waals surface area (Å²) < 4.78 is 47.4. The Labute approximate surface area is 217 Å². The molecule has 1 saturated carbocycles. The first-order valence-corrected chi connectivity index (χ1v) is 12.7. The van der Waals surface area contributed by atoms with Gasteiger partial charge < -0.3 is 15.0 Å². The highest BCUT2D eigenvalue weighted by Gasteiger charge is 2.58. The number of rotatable bonds is 6. The van der Waals surface area contributed by atoms with Crippen molar-refractivity contribution in [2.24, 2.45) is 11.8 Å². The number of Topliss-reactive ketones (excluding diaryl/α,β-unsaturated/α-hetero) is 1. The molecule has 9 heteroatoms. The molecular formula is C29H25F3N2O4. The van der Waals surface area contributed by atoms with Gasteiger partial charge >= 0.3 is 0 Å². The van der Waals surface area contributed by atoms with Crippen molar-refractivity contribution in [3.63, 3.8) is 0 Å². The predicted octanol–water partition coefficient (Wildman–Crippen LogP) is 4.10. The van der Waals surface area contributed by atoms with E-state index >= 15 is 0 Å². The van der Waals surface area contributed by atoms with Crippen LogP contribution in [0.4, 0.5) is 13.2 Å². The summed E-state index contributed by atoms with van der Waals surface area (Å²) in [6, 6.07) is 10.2. The van der Waals surface area contributed by atoms with Gasteiger partial charge in [-0.3, -0.25) is 14.4 Å². The average Bonchev–Trinajstić information content (AvgIpc) is 3.46. The molecule has 196 valence electrons. The highest BCUT2D eigenvalue weighted by molar-refractivity contribution is 6.27. The lowest BCUT2D eigenvalue weighted by molar-refractivity contribution is -0.137. The Morgan fingerprint density at radius 3 is 2.53 bits per heavy atom. The standard InChI is InChI=1S/C29H25F3N2O4/c30-19-9-22(31)21(23(32)10-19)13-33-27(36)20-8-18-12-29-7-6-17(11-29)14-34(29)28(37)24(18)26(25(20)35)38-15-16-4-2-1-3-5-16/h1-5,8-10,17-18H,6-7,11-15H2,(H,33,36)/t17-,18?,29+/m0/s1. The number of carbonyl (C=O) groups is 3. The van der Waals surface area contributed by atoms with Crippen molar-refractivity contribution in [2.75, 3.05) is 6.54 Å². The smallest absolute Gasteiger partial charge is 0.255 e. The molecule has 1 unspecified atom stereocenters. The maximum Gasteiger partial charge on any atom is 0.255 e. The van der Waals surface area contributed by atoms with Crippen molar-refractivity contribution >= 4 is 17.6 Å². The quantitative estimate of drug-likeness (QED) is 0.580. The van der Waals surface area contributed by atoms with Crippen molar-refractivity contribution in [1.82, 2.24) is 10.2 Å². The van der Waals surface area contributed by atoms with Gasteiger partial charge in [0.25, 0.3) is 11.8 Å². The number of piperidine rings is 2. The first-order chi connectivity index (χ1) is 18.3. The lowest BCUT2D eigenvalue weighted by Gasteiger charge is -2.47. The number of hydrogen-bond acceptors (Lipinski definition) is 4. The van der Waals surface area contributed by atoms with E-state index < -0.39 is 47.2 Å². The van der Waals surface area contributed by atoms with Crippen LogP contribution in [0, 0.1) is 29.3 Å². The molecule has 38 heavy (non-hydrogen) atoms. The molecule has 2 heterocycles. The van der Waals surface area contributed by atoms with Gasteiger partial charge in [-0.1, -0.05) is 36.4 Å². The van der Waals surface area contributed by atoms with E-state index in [1.54, 1.807) is 0 Å². The number of nitrogens with one attached hydrogen (secondary N) is 1. The lowest BCUT2D eigenvalue weighted by atomic mass is 9.73. The summed E-state index contributed by atoms with van der Waals surface area (Å²) in [5.41, 5.74) is -0.0103. The van der Waals surface area contributed by atoms with Crippen LogP contribution in [0.25, 0.3) is 0 Å². The molecule has 2 aromatic rings. The Bertz CT molecular complexity index is 1400. The molecule has 2 amide bonds. The summed E-state index contributed by atoms with van der Waals surface area (Å²) >= 11 is 0. The van der Waals surface area contributed by atoms with E-state index in [0.717, 1.165) is 24.8 Å². The fourth-order valence-electron chi connectivity index (χ4n) is 6.46. The zero-order chi connectivity index (χ0) is 26.6. The topological polar surface area (TPSA) is 75.7 Å². The van der Waals surface area contributed by atoms with Crippen molar-refractivity contribution in [3.8, 4) is 0 Å². The predicted molar refractivity (Wildman–Crippen MR) is 129 cm³/mol. The van der Waals surface area contributed by atoms with Gasteiger partial charge in [0, 0.05) is 42.2 Å². The third-order valence-electron chi connectivity index (χ3n) is 8.21. The molecule has 2 aliphatic heterocycles. The summed E-state index contributed by atoms with van der Waals surface area (Å²) in [6.07, 6.45) is 4.89. The van der Waals surface area contributed by atoms with E-state index in [2.05, 4.69) is 5.32 Å². The van der Waals surface area contributed by atoms with E-state index in [0.29, 0.717) is 31.0 Å². The van der Waals surface area contributed by atoms with Crippen molar-refractivity contribution in [1.29, 1.82) is 0 Å². The number of benzene rings is 2. The number of fused-ring (bicyclic) bond motifs is 2. The molecular weight excluding hydrogens is 497 g/mol. The fraction of sp³-hybridized carbons (Fsp3) is 0.345. The second-order valence-electron chi connectivity index (χ2n) is 10.5. The summed E-state index contributed by atoms with van der Waals surface area (Å²) in [6.45, 7) is 0.0995. The Morgan fingerprint density at radius 2 is 1.82 bits per heavy atom. The Kier molecular flexibility index (Phi) is 5.89. The summed E-state index contributed by atoms with van der Waals surface area (Å²) in [4.78, 5) is 42.2. The lowest BCUT2D eigenvalue weighted by Crippen LogP contribution is -2.55. The number of ketones is 1. The van der Waals surface area contributed by atoms with Crippen LogP contribution >= 0.6 is 0 Å². The Hall–Kier alpha value is -3.88. The molecule has 1 spiro atoms. The number of amides is 2. The Morgan fingerprint density at radius 1 is 1.08 bits per heavy atom. The minimum absolute atomic E-state index is 0.0279. The molecule has 3 atom stereocenters. The molecule has 4 aliphatic rings. The van der Waals surface area contributed by atoms with Gasteiger partial charge in [-0.25, -0.2) is 13.2 Å². The van der Waals surface area contributed by atoms with Gasteiger partial charge in [-0.05, 0) is 37.2 Å². The zero-order valence-corrected chi connectivity index (χ0v) is 20.4. The number of carbonyl (C=O) groups excluding carboxylic acids is 3. The SMILES string of the molecule is O=C(NCc1c(F)cc(F)cc1F)C1=CC2C[C@]34CC[C@H](CN3C(=O)C2=C(OCc2ccccc2)C1=O)C4. The molecule has 2 aromatic carbocycles. The van der Waals surface area contributed by atoms with Gasteiger partial charge in [-0.2, -0.15) is 0 Å². The third kappa shape index (κ3) is 4.01. The van der Waals surface area contributed by atoms with Gasteiger partial charge in [0.2, 0.25) is 5.78 Å². The van der Waals surface area contributed by atoms with E-state index in [1.807, 2.05) is 35.2 Å². The maximum absolute atomic E-state index is 14.1. The second-order valence-corrected chi connectivity index (χ2v) is 10.5. The van der Waals surface area contributed by atoms with Gasteiger partial charge in [0.1, 0.15) is 24.1 Å². The summed E-state index contributed by atoms with van der Waals surface area (Å²) in [7, 11) is 0. The molecule has 0 radical (unpaired) electrons. The van der Waals surface area contributed by atoms with E-state index in [-0.39, 0.29) is 35.0 Å². The minimum Gasteiger partial charge on any atom is -0.484 e. The molecule has 3 fully saturated rings. The minimum atomic E-state index is -1.14. The normalized spacial score (nSPS) is 25.8. The van der Waals surface area contributed by atoms with E-state index in [4.69, 9.17) is 4.74 Å². The third-order valence-corrected chi connectivity index (χ3v) is 8.21. The molecule has 6 rings (SSSR count). The van der Waals surface area contributed by atoms with Crippen molar-refractivity contribution < 1.29 is 32.3 Å². The molecule has 2 bridgehead atoms. The van der Waals surface area contributed by atoms with Crippen LogP contribution in [0.1, 0.15) is 36.8 Å². The number of allylic oxidation sites excluding steroid dienone is 2. The first-order valence-electron chi connectivity index (χ1n) is 12.7. The highest BCUT2D eigenvalue weighted by atomic mass is 19.1. The highest BCUT2D eigenvalue weighted by Crippen LogP contribution is 2.55. The summed E-state index contributed by atoms with van der Waals surface area (Å²) in [5, 5.41) is 2.38. The van der Waals surface area contributed by atoms with Gasteiger partial charge in [0.15, 0.2) is 5.76 Å². The molecule has 2 aliphatic carbocycles. The van der Waals surface area contributed by atoms with E-state index in [9.17, 15) is 27.6 Å². The zero-order valence-electron chi connectivity index (χ0n) is 20.4. The number of hydrogen-bond donors (Lipinski definition) is 1. The second kappa shape index (κ2) is 9.15. The largest absolute Gasteiger partial charge is 0.484 e. The summed E-state index contributed by atoms with van der Waals surface area (Å²) in [5.74, 6) is -5.42. The van der Waals surface area contributed by atoms with Crippen LogP contribution in [0.5, 0.6) is 0 Å². The van der Waals surface area contributed by atoms with Crippen LogP contribution in [-0.2, 0) is 32.3 Å². The van der Waals surface area contributed by atoms with Gasteiger partial charge in [-0.15, -0.1) is 0 Å². The number of ether oxygens (including phenoxy) is 1. The molecule has 2 saturated heterocycles. The van der Waals surface area contributed by atoms with Gasteiger partial charge in [0.05, 0.1) is 11.1 Å². The monoisotopic (exact) mass is 522 g/mol. The number of halogens is 3. The molecule has 1 N–H and O–H groups in total. The average molecular weight is 523 g/mol. The van der Waals surface area contributed by atoms with Crippen molar-refractivity contribution in [2.45, 2.75) is 44.4 Å². The maximum atomic E-state index is 14.1. The van der Waals surface area contributed by atoms with Crippen LogP contribution in [0.3, 0.4) is 0 Å². The van der Waals surface area contributed by atoms with Crippen LogP contribution in [-0.4, -0.2) is 34.6 Å². The number of nitrogens with zero attached hydrogens (tertiary/aromatic N) is 1. The first kappa shape index (κ1) is 24.5. The van der Waals surface area contributed by atoms with Crippen LogP contribution in [0.15, 0.2) is 65.4 Å². The molecule has 6 nitrogen and oxygen atoms in total. The van der Waals surface area contributed by atoms with Crippen molar-refractivity contribution in [3.05, 3.63) is 94.0 Å².